The third kappa shape index (κ3) is 4.73. The van der Waals surface area contributed by atoms with Gasteiger partial charge in [0.25, 0.3) is 5.91 Å². The standard InChI is InChI=1S/C19H23NO4/c1-3-10-24-13-15-7-5-4-6-14(15)12-20-19(22)17-11-16(23-2)8-9-18(17)21/h4-9,11,21H,3,10,12-13H2,1-2H3,(H,20,22). The lowest BCUT2D eigenvalue weighted by molar-refractivity contribution is 0.0946. The Kier molecular flexibility index (Phi) is 6.63. The number of hydrogen-bond acceptors (Lipinski definition) is 4. The monoisotopic (exact) mass is 329 g/mol. The van der Waals surface area contributed by atoms with Gasteiger partial charge in [-0.15, -0.1) is 0 Å². The molecule has 2 aromatic carbocycles. The third-order valence-electron chi connectivity index (χ3n) is 3.61. The van der Waals surface area contributed by atoms with Crippen LogP contribution in [-0.2, 0) is 17.9 Å². The van der Waals surface area contributed by atoms with Crippen LogP contribution in [0.4, 0.5) is 0 Å². The molecule has 0 heterocycles. The second-order valence-electron chi connectivity index (χ2n) is 5.39. The maximum absolute atomic E-state index is 12.3. The molecule has 5 heteroatoms. The number of amides is 1. The van der Waals surface area contributed by atoms with Crippen LogP contribution in [-0.4, -0.2) is 24.7 Å². The van der Waals surface area contributed by atoms with E-state index < -0.39 is 0 Å². The van der Waals surface area contributed by atoms with Crippen LogP contribution in [0.2, 0.25) is 0 Å². The van der Waals surface area contributed by atoms with Crippen LogP contribution < -0.4 is 10.1 Å². The van der Waals surface area contributed by atoms with E-state index in [2.05, 4.69) is 12.2 Å². The van der Waals surface area contributed by atoms with Crippen molar-refractivity contribution in [3.63, 3.8) is 0 Å². The number of ether oxygens (including phenoxy) is 2. The lowest BCUT2D eigenvalue weighted by Gasteiger charge is -2.12. The van der Waals surface area contributed by atoms with Crippen LogP contribution >= 0.6 is 0 Å². The summed E-state index contributed by atoms with van der Waals surface area (Å²) in [5.41, 5.74) is 2.22. The minimum atomic E-state index is -0.351. The summed E-state index contributed by atoms with van der Waals surface area (Å²) in [4.78, 5) is 12.3. The topological polar surface area (TPSA) is 67.8 Å². The van der Waals surface area contributed by atoms with E-state index >= 15 is 0 Å². The van der Waals surface area contributed by atoms with Crippen LogP contribution in [0.15, 0.2) is 42.5 Å². The zero-order valence-corrected chi connectivity index (χ0v) is 14.0. The second kappa shape index (κ2) is 8.93. The number of benzene rings is 2. The van der Waals surface area contributed by atoms with Gasteiger partial charge >= 0.3 is 0 Å². The first-order chi connectivity index (χ1) is 11.7. The molecule has 5 nitrogen and oxygen atoms in total. The number of nitrogens with one attached hydrogen (secondary N) is 1. The lowest BCUT2D eigenvalue weighted by Crippen LogP contribution is -2.23. The maximum Gasteiger partial charge on any atom is 0.255 e. The number of phenols is 1. The van der Waals surface area contributed by atoms with Crippen LogP contribution in [0, 0.1) is 0 Å². The first kappa shape index (κ1) is 17.8. The van der Waals surface area contributed by atoms with Gasteiger partial charge in [0.1, 0.15) is 11.5 Å². The average molecular weight is 329 g/mol. The number of hydrogen-bond donors (Lipinski definition) is 2. The van der Waals surface area contributed by atoms with Crippen molar-refractivity contribution in [2.45, 2.75) is 26.5 Å². The summed E-state index contributed by atoms with van der Waals surface area (Å²) in [6.45, 7) is 3.65. The summed E-state index contributed by atoms with van der Waals surface area (Å²) in [6, 6.07) is 12.4. The molecule has 0 aromatic heterocycles. The largest absolute Gasteiger partial charge is 0.507 e. The summed E-state index contributed by atoms with van der Waals surface area (Å²) in [5.74, 6) is 0.0925. The highest BCUT2D eigenvalue weighted by molar-refractivity contribution is 5.97. The van der Waals surface area contributed by atoms with E-state index in [1.54, 1.807) is 6.07 Å². The molecule has 0 spiro atoms. The zero-order valence-electron chi connectivity index (χ0n) is 14.0. The molecule has 0 saturated carbocycles. The highest BCUT2D eigenvalue weighted by Gasteiger charge is 2.13. The maximum atomic E-state index is 12.3. The molecule has 2 rings (SSSR count). The van der Waals surface area contributed by atoms with Gasteiger partial charge in [-0.2, -0.15) is 0 Å². The van der Waals surface area contributed by atoms with Crippen LogP contribution in [0.3, 0.4) is 0 Å². The molecule has 2 N–H and O–H groups in total. The molecule has 0 aliphatic heterocycles. The molecular weight excluding hydrogens is 306 g/mol. The number of carbonyl (C=O) groups is 1. The Morgan fingerprint density at radius 1 is 1.17 bits per heavy atom. The Morgan fingerprint density at radius 2 is 1.92 bits per heavy atom. The van der Waals surface area contributed by atoms with Gasteiger partial charge in [-0.05, 0) is 35.7 Å². The SMILES string of the molecule is CCCOCc1ccccc1CNC(=O)c1cc(OC)ccc1O. The molecule has 2 aromatic rings. The fourth-order valence-electron chi connectivity index (χ4n) is 2.29. The molecule has 0 bridgehead atoms. The minimum Gasteiger partial charge on any atom is -0.507 e. The average Bonchev–Trinajstić information content (AvgIpc) is 2.61. The van der Waals surface area contributed by atoms with E-state index in [1.165, 1.54) is 19.2 Å². The molecule has 1 amide bonds. The van der Waals surface area contributed by atoms with Crippen molar-refractivity contribution in [2.75, 3.05) is 13.7 Å². The van der Waals surface area contributed by atoms with Gasteiger partial charge in [0.2, 0.25) is 0 Å². The Bertz CT molecular complexity index is 685. The Hall–Kier alpha value is -2.53. The highest BCUT2D eigenvalue weighted by Crippen LogP contribution is 2.22. The molecule has 0 unspecified atom stereocenters. The summed E-state index contributed by atoms with van der Waals surface area (Å²) in [7, 11) is 1.51. The number of phenolic OH excluding ortho intramolecular Hbond substituents is 1. The number of rotatable bonds is 8. The molecular formula is C19H23NO4. The quantitative estimate of drug-likeness (QED) is 0.730. The van der Waals surface area contributed by atoms with Crippen molar-refractivity contribution < 1.29 is 19.4 Å². The zero-order chi connectivity index (χ0) is 17.4. The van der Waals surface area contributed by atoms with E-state index in [4.69, 9.17) is 9.47 Å². The predicted molar refractivity (Wildman–Crippen MR) is 92.2 cm³/mol. The number of carbonyl (C=O) groups excluding carboxylic acids is 1. The van der Waals surface area contributed by atoms with Gasteiger partial charge < -0.3 is 19.9 Å². The molecule has 0 aliphatic carbocycles. The minimum absolute atomic E-state index is 0.0761. The van der Waals surface area contributed by atoms with E-state index in [0.717, 1.165) is 17.5 Å². The molecule has 0 saturated heterocycles. The smallest absolute Gasteiger partial charge is 0.255 e. The van der Waals surface area contributed by atoms with Gasteiger partial charge in [0, 0.05) is 13.2 Å². The van der Waals surface area contributed by atoms with Gasteiger partial charge in [0.05, 0.1) is 19.3 Å². The van der Waals surface area contributed by atoms with Crippen LogP contribution in [0.1, 0.15) is 34.8 Å². The van der Waals surface area contributed by atoms with Crippen molar-refractivity contribution in [1.29, 1.82) is 0 Å². The van der Waals surface area contributed by atoms with E-state index in [1.807, 2.05) is 24.3 Å². The normalized spacial score (nSPS) is 10.4. The summed E-state index contributed by atoms with van der Waals surface area (Å²) < 4.78 is 10.7. The molecule has 0 aliphatic rings. The Morgan fingerprint density at radius 3 is 2.62 bits per heavy atom. The highest BCUT2D eigenvalue weighted by atomic mass is 16.5. The van der Waals surface area contributed by atoms with Crippen molar-refractivity contribution in [3.05, 3.63) is 59.2 Å². The first-order valence-corrected chi connectivity index (χ1v) is 7.95. The lowest BCUT2D eigenvalue weighted by atomic mass is 10.1. The Balaban J connectivity index is 2.04. The fraction of sp³-hybridized carbons (Fsp3) is 0.316. The van der Waals surface area contributed by atoms with Crippen molar-refractivity contribution in [2.24, 2.45) is 0 Å². The van der Waals surface area contributed by atoms with Gasteiger partial charge in [-0.3, -0.25) is 4.79 Å². The van der Waals surface area contributed by atoms with Gasteiger partial charge in [-0.1, -0.05) is 31.2 Å². The Labute approximate surface area is 142 Å². The fourth-order valence-corrected chi connectivity index (χ4v) is 2.29. The van der Waals surface area contributed by atoms with E-state index in [9.17, 15) is 9.90 Å². The molecule has 24 heavy (non-hydrogen) atoms. The van der Waals surface area contributed by atoms with Crippen LogP contribution in [0.5, 0.6) is 11.5 Å². The van der Waals surface area contributed by atoms with Crippen molar-refractivity contribution in [1.82, 2.24) is 5.32 Å². The summed E-state index contributed by atoms with van der Waals surface area (Å²) in [6.07, 6.45) is 0.966. The van der Waals surface area contributed by atoms with Gasteiger partial charge in [-0.25, -0.2) is 0 Å². The molecule has 128 valence electrons. The molecule has 0 atom stereocenters. The van der Waals surface area contributed by atoms with E-state index in [0.29, 0.717) is 25.5 Å². The summed E-state index contributed by atoms with van der Waals surface area (Å²) in [5, 5.41) is 12.7. The van der Waals surface area contributed by atoms with E-state index in [-0.39, 0.29) is 17.2 Å². The summed E-state index contributed by atoms with van der Waals surface area (Å²) >= 11 is 0. The van der Waals surface area contributed by atoms with Crippen molar-refractivity contribution in [3.8, 4) is 11.5 Å². The van der Waals surface area contributed by atoms with Gasteiger partial charge in [0.15, 0.2) is 0 Å². The molecule has 0 fully saturated rings. The first-order valence-electron chi connectivity index (χ1n) is 7.95. The van der Waals surface area contributed by atoms with Crippen LogP contribution in [0.25, 0.3) is 0 Å². The number of methoxy groups -OCH3 is 1. The predicted octanol–water partition coefficient (Wildman–Crippen LogP) is 3.26. The third-order valence-corrected chi connectivity index (χ3v) is 3.61. The second-order valence-corrected chi connectivity index (χ2v) is 5.39. The van der Waals surface area contributed by atoms with Crippen molar-refractivity contribution >= 4 is 5.91 Å². The molecule has 0 radical (unpaired) electrons. The number of aromatic hydroxyl groups is 1.